The van der Waals surface area contributed by atoms with Crippen LogP contribution in [0.15, 0.2) is 23.0 Å². The molecule has 3 heterocycles. The highest BCUT2D eigenvalue weighted by Gasteiger charge is 2.34. The highest BCUT2D eigenvalue weighted by molar-refractivity contribution is 5.72. The summed E-state index contributed by atoms with van der Waals surface area (Å²) in [5.74, 6) is 0.933. The zero-order chi connectivity index (χ0) is 13.4. The van der Waals surface area contributed by atoms with Gasteiger partial charge >= 0.3 is 0 Å². The van der Waals surface area contributed by atoms with Crippen molar-refractivity contribution in [2.24, 2.45) is 5.92 Å². The van der Waals surface area contributed by atoms with Crippen molar-refractivity contribution < 1.29 is 4.79 Å². The van der Waals surface area contributed by atoms with Gasteiger partial charge in [-0.15, -0.1) is 0 Å². The normalized spacial score (nSPS) is 25.7. The van der Waals surface area contributed by atoms with Gasteiger partial charge in [0.15, 0.2) is 0 Å². The number of amides is 1. The van der Waals surface area contributed by atoms with Crippen molar-refractivity contribution in [1.82, 2.24) is 14.8 Å². The Balaban J connectivity index is 1.80. The number of carbonyl (C=O) groups is 1. The molecule has 2 aliphatic rings. The number of rotatable bonds is 2. The van der Waals surface area contributed by atoms with Crippen LogP contribution in [0.1, 0.15) is 25.0 Å². The molecule has 3 rings (SSSR count). The molecule has 2 aliphatic heterocycles. The summed E-state index contributed by atoms with van der Waals surface area (Å²) < 4.78 is 1.93. The van der Waals surface area contributed by atoms with Gasteiger partial charge in [0.1, 0.15) is 0 Å². The van der Waals surface area contributed by atoms with Crippen LogP contribution in [0.3, 0.4) is 0 Å². The summed E-state index contributed by atoms with van der Waals surface area (Å²) in [6.07, 6.45) is 1.15. The smallest absolute Gasteiger partial charge is 0.250 e. The van der Waals surface area contributed by atoms with Crippen LogP contribution in [0.25, 0.3) is 0 Å². The maximum absolute atomic E-state index is 11.9. The number of nitrogens with one attached hydrogen (secondary N) is 1. The lowest BCUT2D eigenvalue weighted by Gasteiger charge is -2.42. The molecule has 1 N–H and O–H groups in total. The van der Waals surface area contributed by atoms with Gasteiger partial charge in [0.2, 0.25) is 5.91 Å². The molecular formula is C14H19N3O2. The summed E-state index contributed by atoms with van der Waals surface area (Å²) >= 11 is 0. The van der Waals surface area contributed by atoms with Crippen LogP contribution in [0, 0.1) is 5.92 Å². The van der Waals surface area contributed by atoms with Crippen molar-refractivity contribution in [1.29, 1.82) is 0 Å². The molecule has 0 saturated carbocycles. The van der Waals surface area contributed by atoms with Crippen molar-refractivity contribution >= 4 is 5.91 Å². The van der Waals surface area contributed by atoms with E-state index in [2.05, 4.69) is 16.3 Å². The molecule has 5 nitrogen and oxygen atoms in total. The average Bonchev–Trinajstić information content (AvgIpc) is 2.38. The zero-order valence-corrected chi connectivity index (χ0v) is 11.1. The van der Waals surface area contributed by atoms with Crippen LogP contribution in [0.2, 0.25) is 0 Å². The molecule has 0 aromatic carbocycles. The second kappa shape index (κ2) is 4.81. The van der Waals surface area contributed by atoms with E-state index < -0.39 is 0 Å². The Kier molecular flexibility index (Phi) is 3.14. The van der Waals surface area contributed by atoms with Gasteiger partial charge in [-0.3, -0.25) is 14.5 Å². The summed E-state index contributed by atoms with van der Waals surface area (Å²) in [4.78, 5) is 25.2. The van der Waals surface area contributed by atoms with Gasteiger partial charge in [0.25, 0.3) is 5.56 Å². The third kappa shape index (κ3) is 2.42. The van der Waals surface area contributed by atoms with Crippen LogP contribution in [-0.2, 0) is 11.3 Å². The first-order valence-corrected chi connectivity index (χ1v) is 6.80. The topological polar surface area (TPSA) is 54.3 Å². The minimum atomic E-state index is 0.00681. The molecule has 2 bridgehead atoms. The Morgan fingerprint density at radius 3 is 3.00 bits per heavy atom. The van der Waals surface area contributed by atoms with Crippen LogP contribution < -0.4 is 10.9 Å². The molecule has 0 spiro atoms. The van der Waals surface area contributed by atoms with E-state index in [9.17, 15) is 9.59 Å². The second-order valence-corrected chi connectivity index (χ2v) is 5.63. The maximum Gasteiger partial charge on any atom is 0.250 e. The van der Waals surface area contributed by atoms with Gasteiger partial charge in [-0.05, 0) is 18.4 Å². The number of hydrogen-bond acceptors (Lipinski definition) is 3. The summed E-state index contributed by atoms with van der Waals surface area (Å²) in [5, 5.41) is 2.86. The summed E-state index contributed by atoms with van der Waals surface area (Å²) in [6.45, 7) is 4.83. The lowest BCUT2D eigenvalue weighted by atomic mass is 9.83. The van der Waals surface area contributed by atoms with E-state index in [1.165, 1.54) is 0 Å². The third-order valence-corrected chi connectivity index (χ3v) is 4.11. The van der Waals surface area contributed by atoms with E-state index in [1.807, 2.05) is 10.6 Å². The Morgan fingerprint density at radius 2 is 2.21 bits per heavy atom. The SMILES string of the molecule is CC(=O)NCN1C[C@H]2C[C@@H](C1)c1cccc(=O)n1C2. The van der Waals surface area contributed by atoms with Crippen LogP contribution in [0.5, 0.6) is 0 Å². The molecule has 1 aromatic heterocycles. The predicted molar refractivity (Wildman–Crippen MR) is 71.8 cm³/mol. The molecule has 1 fully saturated rings. The van der Waals surface area contributed by atoms with E-state index in [1.54, 1.807) is 13.0 Å². The maximum atomic E-state index is 11.9. The van der Waals surface area contributed by atoms with Gasteiger partial charge in [0, 0.05) is 44.2 Å². The van der Waals surface area contributed by atoms with Gasteiger partial charge in [-0.25, -0.2) is 0 Å². The quantitative estimate of drug-likeness (QED) is 0.836. The number of hydrogen-bond donors (Lipinski definition) is 1. The van der Waals surface area contributed by atoms with Gasteiger partial charge < -0.3 is 9.88 Å². The second-order valence-electron chi connectivity index (χ2n) is 5.63. The summed E-state index contributed by atoms with van der Waals surface area (Å²) in [7, 11) is 0. The van der Waals surface area contributed by atoms with E-state index >= 15 is 0 Å². The number of aromatic nitrogens is 1. The van der Waals surface area contributed by atoms with E-state index in [-0.39, 0.29) is 11.5 Å². The third-order valence-electron chi connectivity index (χ3n) is 4.11. The fourth-order valence-electron chi connectivity index (χ4n) is 3.35. The Labute approximate surface area is 112 Å². The zero-order valence-electron chi connectivity index (χ0n) is 11.1. The first-order valence-electron chi connectivity index (χ1n) is 6.80. The molecule has 0 unspecified atom stereocenters. The van der Waals surface area contributed by atoms with Crippen molar-refractivity contribution in [2.75, 3.05) is 19.8 Å². The lowest BCUT2D eigenvalue weighted by molar-refractivity contribution is -0.119. The fourth-order valence-corrected chi connectivity index (χ4v) is 3.35. The molecule has 1 amide bonds. The molecule has 0 aliphatic carbocycles. The van der Waals surface area contributed by atoms with E-state index in [0.717, 1.165) is 31.7 Å². The first-order chi connectivity index (χ1) is 9.13. The molecular weight excluding hydrogens is 242 g/mol. The van der Waals surface area contributed by atoms with Crippen molar-refractivity contribution in [2.45, 2.75) is 25.8 Å². The summed E-state index contributed by atoms with van der Waals surface area (Å²) in [6, 6.07) is 5.55. The van der Waals surface area contributed by atoms with Crippen LogP contribution >= 0.6 is 0 Å². The highest BCUT2D eigenvalue weighted by Crippen LogP contribution is 2.34. The van der Waals surface area contributed by atoms with Gasteiger partial charge in [-0.1, -0.05) is 6.07 Å². The number of piperidine rings is 1. The van der Waals surface area contributed by atoms with E-state index in [0.29, 0.717) is 18.5 Å². The standard InChI is InChI=1S/C14H19N3O2/c1-10(18)15-9-16-6-11-5-12(8-16)13-3-2-4-14(19)17(13)7-11/h2-4,11-12H,5-9H2,1H3,(H,15,18)/t11-,12+/m1/s1. The van der Waals surface area contributed by atoms with Gasteiger partial charge in [-0.2, -0.15) is 0 Å². The van der Waals surface area contributed by atoms with Crippen molar-refractivity contribution in [3.05, 3.63) is 34.2 Å². The van der Waals surface area contributed by atoms with Crippen molar-refractivity contribution in [3.63, 3.8) is 0 Å². The molecule has 1 saturated heterocycles. The molecule has 5 heteroatoms. The minimum absolute atomic E-state index is 0.00681. The monoisotopic (exact) mass is 261 g/mol. The lowest BCUT2D eigenvalue weighted by Crippen LogP contribution is -2.50. The molecule has 102 valence electrons. The van der Waals surface area contributed by atoms with E-state index in [4.69, 9.17) is 0 Å². The molecule has 2 atom stereocenters. The van der Waals surface area contributed by atoms with Crippen molar-refractivity contribution in [3.8, 4) is 0 Å². The number of pyridine rings is 1. The molecule has 19 heavy (non-hydrogen) atoms. The Hall–Kier alpha value is -1.62. The first kappa shape index (κ1) is 12.4. The average molecular weight is 261 g/mol. The number of likely N-dealkylation sites (tertiary alicyclic amines) is 1. The number of carbonyl (C=O) groups excluding carboxylic acids is 1. The number of fused-ring (bicyclic) bond motifs is 4. The largest absolute Gasteiger partial charge is 0.344 e. The highest BCUT2D eigenvalue weighted by atomic mass is 16.1. The molecule has 0 radical (unpaired) electrons. The Bertz CT molecular complexity index is 552. The minimum Gasteiger partial charge on any atom is -0.344 e. The predicted octanol–water partition coefficient (Wildman–Crippen LogP) is 0.361. The number of nitrogens with zero attached hydrogens (tertiary/aromatic N) is 2. The van der Waals surface area contributed by atoms with Crippen LogP contribution in [0.4, 0.5) is 0 Å². The fraction of sp³-hybridized carbons (Fsp3) is 0.571. The molecule has 1 aromatic rings. The Morgan fingerprint density at radius 1 is 1.37 bits per heavy atom. The van der Waals surface area contributed by atoms with Crippen LogP contribution in [-0.4, -0.2) is 35.1 Å². The van der Waals surface area contributed by atoms with Gasteiger partial charge in [0.05, 0.1) is 6.67 Å². The summed E-state index contributed by atoms with van der Waals surface area (Å²) in [5.41, 5.74) is 1.26.